The monoisotopic (exact) mass is 400 g/mol. The molecule has 0 aliphatic rings. The van der Waals surface area contributed by atoms with E-state index in [0.717, 1.165) is 0 Å². The lowest BCUT2D eigenvalue weighted by Crippen LogP contribution is -2.44. The molecule has 0 saturated carbocycles. The van der Waals surface area contributed by atoms with Crippen molar-refractivity contribution in [2.75, 3.05) is 12.3 Å². The van der Waals surface area contributed by atoms with Gasteiger partial charge in [-0.05, 0) is 25.0 Å². The lowest BCUT2D eigenvalue weighted by atomic mass is 9.99. The number of nitrogens with zero attached hydrogens (tertiary/aromatic N) is 5. The third kappa shape index (κ3) is 3.98. The van der Waals surface area contributed by atoms with Crippen LogP contribution in [0.4, 0.5) is 15.0 Å². The van der Waals surface area contributed by atoms with Crippen LogP contribution in [0.3, 0.4) is 0 Å². The van der Waals surface area contributed by atoms with Crippen LogP contribution in [0.5, 0.6) is 0 Å². The van der Waals surface area contributed by atoms with Gasteiger partial charge in [0, 0.05) is 31.6 Å². The number of aryl methyl sites for hydroxylation is 1. The number of likely N-dealkylation sites (N-methyl/N-ethyl adjacent to an activating group) is 1. The molecule has 1 atom stereocenters. The molecule has 0 aliphatic carbocycles. The van der Waals surface area contributed by atoms with Crippen LogP contribution in [-0.2, 0) is 13.5 Å². The van der Waals surface area contributed by atoms with Gasteiger partial charge in [0.25, 0.3) is 0 Å². The number of anilines is 1. The predicted molar refractivity (Wildman–Crippen MR) is 109 cm³/mol. The summed E-state index contributed by atoms with van der Waals surface area (Å²) in [4.78, 5) is 26.4. The van der Waals surface area contributed by atoms with Crippen LogP contribution in [0.25, 0.3) is 22.6 Å². The second kappa shape index (κ2) is 8.02. The smallest absolute Gasteiger partial charge is 0.407 e. The largest absolute Gasteiger partial charge is 0.465 e. The quantitative estimate of drug-likeness (QED) is 0.657. The fourth-order valence-electron chi connectivity index (χ4n) is 3.51. The zero-order valence-corrected chi connectivity index (χ0v) is 16.9. The van der Waals surface area contributed by atoms with Crippen LogP contribution < -0.4 is 5.73 Å². The standard InChI is InChI=1S/C20H25FN6O2/c1-5-27(20(28)29)14(11(2)3)10-15-23-17(22)16-19(24-15)26(4)18(25-16)12-7-6-8-13(21)9-12/h6-9,11,14H,5,10H2,1-4H3,(H,28,29)(H2,22,23,24). The number of benzene rings is 1. The minimum absolute atomic E-state index is 0.0703. The van der Waals surface area contributed by atoms with E-state index in [2.05, 4.69) is 15.0 Å². The number of aromatic nitrogens is 4. The summed E-state index contributed by atoms with van der Waals surface area (Å²) >= 11 is 0. The van der Waals surface area contributed by atoms with Crippen LogP contribution >= 0.6 is 0 Å². The van der Waals surface area contributed by atoms with Gasteiger partial charge in [-0.3, -0.25) is 0 Å². The average molecular weight is 400 g/mol. The van der Waals surface area contributed by atoms with Crippen LogP contribution in [0.1, 0.15) is 26.6 Å². The van der Waals surface area contributed by atoms with Gasteiger partial charge in [-0.25, -0.2) is 24.1 Å². The van der Waals surface area contributed by atoms with E-state index in [1.54, 1.807) is 30.7 Å². The molecule has 9 heteroatoms. The number of imidazole rings is 1. The van der Waals surface area contributed by atoms with E-state index in [1.807, 2.05) is 13.8 Å². The lowest BCUT2D eigenvalue weighted by molar-refractivity contribution is 0.112. The highest BCUT2D eigenvalue weighted by Gasteiger charge is 2.27. The first-order valence-electron chi connectivity index (χ1n) is 9.47. The number of nitrogen functional groups attached to an aromatic ring is 1. The number of hydrogen-bond donors (Lipinski definition) is 2. The van der Waals surface area contributed by atoms with E-state index >= 15 is 0 Å². The number of halogens is 1. The Morgan fingerprint density at radius 2 is 2.03 bits per heavy atom. The zero-order chi connectivity index (χ0) is 21.3. The van der Waals surface area contributed by atoms with Gasteiger partial charge in [0.05, 0.1) is 0 Å². The Hall–Kier alpha value is -3.23. The van der Waals surface area contributed by atoms with Crippen molar-refractivity contribution in [2.24, 2.45) is 13.0 Å². The molecule has 2 aromatic heterocycles. The number of carboxylic acid groups (broad SMARTS) is 1. The fourth-order valence-corrected chi connectivity index (χ4v) is 3.51. The molecule has 3 rings (SSSR count). The maximum Gasteiger partial charge on any atom is 0.407 e. The Kier molecular flexibility index (Phi) is 5.67. The fraction of sp³-hybridized carbons (Fsp3) is 0.400. The van der Waals surface area contributed by atoms with Gasteiger partial charge in [0.2, 0.25) is 0 Å². The summed E-state index contributed by atoms with van der Waals surface area (Å²) in [6.45, 7) is 6.09. The molecule has 1 amide bonds. The van der Waals surface area contributed by atoms with Crippen LogP contribution in [0, 0.1) is 11.7 Å². The first kappa shape index (κ1) is 20.5. The van der Waals surface area contributed by atoms with Crippen molar-refractivity contribution in [3.63, 3.8) is 0 Å². The SMILES string of the molecule is CCN(C(=O)O)C(Cc1nc(N)c2nc(-c3cccc(F)c3)n(C)c2n1)C(C)C. The number of fused-ring (bicyclic) bond motifs is 1. The van der Waals surface area contributed by atoms with E-state index in [4.69, 9.17) is 5.73 Å². The molecule has 2 heterocycles. The van der Waals surface area contributed by atoms with Gasteiger partial charge in [-0.15, -0.1) is 0 Å². The molecule has 29 heavy (non-hydrogen) atoms. The number of amides is 1. The van der Waals surface area contributed by atoms with Crippen molar-refractivity contribution in [1.29, 1.82) is 0 Å². The third-order valence-corrected chi connectivity index (χ3v) is 5.02. The third-order valence-electron chi connectivity index (χ3n) is 5.02. The molecule has 8 nitrogen and oxygen atoms in total. The first-order valence-corrected chi connectivity index (χ1v) is 9.47. The molecule has 0 radical (unpaired) electrons. The van der Waals surface area contributed by atoms with Gasteiger partial charge in [-0.1, -0.05) is 26.0 Å². The van der Waals surface area contributed by atoms with Crippen LogP contribution in [-0.4, -0.2) is 48.2 Å². The van der Waals surface area contributed by atoms with E-state index in [1.165, 1.54) is 17.0 Å². The highest BCUT2D eigenvalue weighted by Crippen LogP contribution is 2.26. The van der Waals surface area contributed by atoms with Crippen LogP contribution in [0.2, 0.25) is 0 Å². The van der Waals surface area contributed by atoms with Gasteiger partial charge < -0.3 is 20.3 Å². The Morgan fingerprint density at radius 1 is 1.31 bits per heavy atom. The summed E-state index contributed by atoms with van der Waals surface area (Å²) in [5, 5.41) is 9.51. The summed E-state index contributed by atoms with van der Waals surface area (Å²) in [5.74, 6) is 0.897. The Bertz CT molecular complexity index is 1050. The first-order chi connectivity index (χ1) is 13.7. The molecule has 0 bridgehead atoms. The lowest BCUT2D eigenvalue weighted by Gasteiger charge is -2.31. The summed E-state index contributed by atoms with van der Waals surface area (Å²) in [7, 11) is 1.78. The molecule has 0 fully saturated rings. The van der Waals surface area contributed by atoms with Crippen molar-refractivity contribution in [3.8, 4) is 11.4 Å². The summed E-state index contributed by atoms with van der Waals surface area (Å²) in [6.07, 6.45) is -0.646. The second-order valence-corrected chi connectivity index (χ2v) is 7.29. The highest BCUT2D eigenvalue weighted by molar-refractivity contribution is 5.85. The van der Waals surface area contributed by atoms with Crippen molar-refractivity contribution >= 4 is 23.1 Å². The number of carbonyl (C=O) groups is 1. The Labute approximate surface area is 168 Å². The summed E-state index contributed by atoms with van der Waals surface area (Å²) in [6, 6.07) is 5.85. The van der Waals surface area contributed by atoms with Crippen molar-refractivity contribution in [2.45, 2.75) is 33.2 Å². The van der Waals surface area contributed by atoms with Crippen molar-refractivity contribution in [1.82, 2.24) is 24.4 Å². The topological polar surface area (TPSA) is 110 Å². The molecule has 0 aliphatic heterocycles. The van der Waals surface area contributed by atoms with E-state index < -0.39 is 6.09 Å². The van der Waals surface area contributed by atoms with E-state index in [0.29, 0.717) is 41.3 Å². The minimum atomic E-state index is -0.978. The highest BCUT2D eigenvalue weighted by atomic mass is 19.1. The van der Waals surface area contributed by atoms with Gasteiger partial charge in [-0.2, -0.15) is 0 Å². The molecule has 0 spiro atoms. The van der Waals surface area contributed by atoms with Gasteiger partial charge >= 0.3 is 6.09 Å². The molecule has 1 aromatic carbocycles. The van der Waals surface area contributed by atoms with E-state index in [9.17, 15) is 14.3 Å². The van der Waals surface area contributed by atoms with Gasteiger partial charge in [0.15, 0.2) is 17.0 Å². The minimum Gasteiger partial charge on any atom is -0.465 e. The Morgan fingerprint density at radius 3 is 2.62 bits per heavy atom. The second-order valence-electron chi connectivity index (χ2n) is 7.29. The summed E-state index contributed by atoms with van der Waals surface area (Å²) < 4.78 is 15.4. The molecule has 3 N–H and O–H groups in total. The zero-order valence-electron chi connectivity index (χ0n) is 16.9. The number of hydrogen-bond acceptors (Lipinski definition) is 5. The molecule has 0 saturated heterocycles. The van der Waals surface area contributed by atoms with Crippen molar-refractivity contribution < 1.29 is 14.3 Å². The van der Waals surface area contributed by atoms with E-state index in [-0.39, 0.29) is 23.6 Å². The normalized spacial score (nSPS) is 12.5. The number of rotatable bonds is 6. The molecular weight excluding hydrogens is 375 g/mol. The maximum atomic E-state index is 13.6. The van der Waals surface area contributed by atoms with Crippen LogP contribution in [0.15, 0.2) is 24.3 Å². The molecule has 154 valence electrons. The Balaban J connectivity index is 2.05. The van der Waals surface area contributed by atoms with Crippen molar-refractivity contribution in [3.05, 3.63) is 35.9 Å². The molecular formula is C20H25FN6O2. The summed E-state index contributed by atoms with van der Waals surface area (Å²) in [5.41, 5.74) is 7.70. The predicted octanol–water partition coefficient (Wildman–Crippen LogP) is 3.32. The molecule has 3 aromatic rings. The number of nitrogens with two attached hydrogens (primary N) is 1. The molecule has 1 unspecified atom stereocenters. The maximum absolute atomic E-state index is 13.6. The average Bonchev–Trinajstić information content (AvgIpc) is 2.98. The van der Waals surface area contributed by atoms with Gasteiger partial charge in [0.1, 0.15) is 17.5 Å².